The molecule has 2 N–H and O–H groups in total. The van der Waals surface area contributed by atoms with Crippen LogP contribution in [0.5, 0.6) is 0 Å². The zero-order chi connectivity index (χ0) is 21.1. The van der Waals surface area contributed by atoms with Crippen LogP contribution < -0.4 is 10.9 Å². The van der Waals surface area contributed by atoms with Gasteiger partial charge in [-0.05, 0) is 59.4 Å². The van der Waals surface area contributed by atoms with E-state index in [1.165, 1.54) is 12.3 Å². The van der Waals surface area contributed by atoms with Gasteiger partial charge < -0.3 is 4.79 Å². The van der Waals surface area contributed by atoms with E-state index >= 15 is 0 Å². The number of aldehydes is 2. The van der Waals surface area contributed by atoms with E-state index in [1.54, 1.807) is 12.1 Å². The van der Waals surface area contributed by atoms with Crippen molar-refractivity contribution in [3.8, 4) is 0 Å². The number of rotatable bonds is 4. The second kappa shape index (κ2) is 11.3. The van der Waals surface area contributed by atoms with Crippen LogP contribution in [0.2, 0.25) is 0 Å². The van der Waals surface area contributed by atoms with Crippen molar-refractivity contribution in [3.63, 3.8) is 0 Å². The highest BCUT2D eigenvalue weighted by atomic mass is 16.3. The molecule has 0 bridgehead atoms. The number of hydrogen-bond donors (Lipinski definition) is 2. The van der Waals surface area contributed by atoms with Crippen molar-refractivity contribution >= 4 is 35.2 Å². The molecule has 2 aromatic carbocycles. The largest absolute Gasteiger partial charge is 0.302 e. The van der Waals surface area contributed by atoms with Crippen molar-refractivity contribution in [2.45, 2.75) is 5.92 Å². The van der Waals surface area contributed by atoms with Crippen LogP contribution in [0.25, 0.3) is 16.8 Å². The first-order valence-electron chi connectivity index (χ1n) is 8.78. The number of nitrogens with one attached hydrogen (secondary N) is 2. The maximum absolute atomic E-state index is 11.2. The third-order valence-corrected chi connectivity index (χ3v) is 4.16. The molecule has 0 radical (unpaired) electrons. The summed E-state index contributed by atoms with van der Waals surface area (Å²) >= 11 is 0. The van der Waals surface area contributed by atoms with Crippen LogP contribution in [0.15, 0.2) is 65.5 Å². The van der Waals surface area contributed by atoms with Gasteiger partial charge in [-0.1, -0.05) is 36.4 Å². The lowest BCUT2D eigenvalue weighted by molar-refractivity contribution is -0.110. The summed E-state index contributed by atoms with van der Waals surface area (Å²) in [7, 11) is 3.64. The van der Waals surface area contributed by atoms with Crippen LogP contribution in [0.4, 0.5) is 5.82 Å². The van der Waals surface area contributed by atoms with Crippen LogP contribution >= 0.6 is 0 Å². The molecule has 1 aromatic heterocycles. The summed E-state index contributed by atoms with van der Waals surface area (Å²) in [5.74, 6) is -0.307. The lowest BCUT2D eigenvalue weighted by Gasteiger charge is -2.20. The van der Waals surface area contributed by atoms with E-state index in [0.717, 1.165) is 34.5 Å². The van der Waals surface area contributed by atoms with Crippen LogP contribution in [-0.4, -0.2) is 36.9 Å². The molecule has 0 fully saturated rings. The molecule has 29 heavy (non-hydrogen) atoms. The molecule has 3 aromatic rings. The molecular formula is C21H21N5O3. The predicted molar refractivity (Wildman–Crippen MR) is 112 cm³/mol. The van der Waals surface area contributed by atoms with E-state index in [2.05, 4.69) is 26.2 Å². The Morgan fingerprint density at radius 1 is 1.00 bits per heavy atom. The number of nitroso groups, excluding NO2 is 1. The molecule has 1 aliphatic carbocycles. The third kappa shape index (κ3) is 5.44. The lowest BCUT2D eigenvalue weighted by atomic mass is 9.82. The summed E-state index contributed by atoms with van der Waals surface area (Å²) in [6.45, 7) is 0. The second-order valence-corrected chi connectivity index (χ2v) is 5.84. The molecule has 148 valence electrons. The minimum atomic E-state index is -0.425. The Morgan fingerprint density at radius 2 is 1.72 bits per heavy atom. The van der Waals surface area contributed by atoms with Crippen LogP contribution in [0.3, 0.4) is 0 Å². The smallest absolute Gasteiger partial charge is 0.218 e. The SMILES string of the molecule is CNNC.O=CC1=Cc2cccc3cccc(c23)C1C=O.O=Nc1cccnn1. The molecule has 1 aliphatic rings. The number of benzene rings is 2. The van der Waals surface area contributed by atoms with Gasteiger partial charge in [0.2, 0.25) is 5.82 Å². The van der Waals surface area contributed by atoms with E-state index in [9.17, 15) is 14.5 Å². The fourth-order valence-electron chi connectivity index (χ4n) is 2.83. The van der Waals surface area contributed by atoms with Crippen molar-refractivity contribution in [1.29, 1.82) is 0 Å². The molecule has 0 saturated carbocycles. The molecule has 0 spiro atoms. The van der Waals surface area contributed by atoms with Crippen molar-refractivity contribution in [3.05, 3.63) is 76.3 Å². The van der Waals surface area contributed by atoms with Gasteiger partial charge in [0.25, 0.3) is 0 Å². The van der Waals surface area contributed by atoms with Gasteiger partial charge in [0.1, 0.15) is 12.6 Å². The standard InChI is InChI=1S/C15H10O2.C4H3N3O.C2H8N2/c16-8-12-7-11-5-1-3-10-4-2-6-13(15(10)11)14(12)9-17;8-7-4-2-1-3-5-6-4;1-3-4-2/h1-9,14H;1-3H;3-4H,1-2H3. The molecule has 0 saturated heterocycles. The second-order valence-electron chi connectivity index (χ2n) is 5.84. The number of aromatic nitrogens is 2. The maximum atomic E-state index is 11.2. The Balaban J connectivity index is 0.000000208. The zero-order valence-electron chi connectivity index (χ0n) is 16.1. The highest BCUT2D eigenvalue weighted by Gasteiger charge is 2.23. The minimum absolute atomic E-state index is 0.118. The number of carbonyl (C=O) groups is 2. The van der Waals surface area contributed by atoms with Crippen molar-refractivity contribution in [2.75, 3.05) is 14.1 Å². The molecule has 4 rings (SSSR count). The van der Waals surface area contributed by atoms with Gasteiger partial charge in [0.05, 0.1) is 5.92 Å². The first-order chi connectivity index (χ1) is 14.2. The van der Waals surface area contributed by atoms with E-state index in [0.29, 0.717) is 5.57 Å². The molecular weight excluding hydrogens is 370 g/mol. The molecule has 0 amide bonds. The van der Waals surface area contributed by atoms with Crippen molar-refractivity contribution in [2.24, 2.45) is 5.18 Å². The third-order valence-electron chi connectivity index (χ3n) is 4.16. The van der Waals surface area contributed by atoms with Crippen molar-refractivity contribution < 1.29 is 9.59 Å². The zero-order valence-corrected chi connectivity index (χ0v) is 16.1. The van der Waals surface area contributed by atoms with Gasteiger partial charge in [0.15, 0.2) is 0 Å². The summed E-state index contributed by atoms with van der Waals surface area (Å²) in [5, 5.41) is 11.5. The van der Waals surface area contributed by atoms with Gasteiger partial charge in [-0.3, -0.25) is 15.6 Å². The van der Waals surface area contributed by atoms with E-state index in [4.69, 9.17) is 0 Å². The number of hydrogen-bond acceptors (Lipinski definition) is 8. The topological polar surface area (TPSA) is 113 Å². The fourth-order valence-corrected chi connectivity index (χ4v) is 2.83. The van der Waals surface area contributed by atoms with E-state index < -0.39 is 5.92 Å². The normalized spacial score (nSPS) is 13.7. The quantitative estimate of drug-likeness (QED) is 0.399. The minimum Gasteiger partial charge on any atom is -0.302 e. The Bertz CT molecular complexity index is 998. The summed E-state index contributed by atoms with van der Waals surface area (Å²) < 4.78 is 0. The molecule has 1 unspecified atom stereocenters. The lowest BCUT2D eigenvalue weighted by Crippen LogP contribution is -2.21. The summed E-state index contributed by atoms with van der Waals surface area (Å²) in [6, 6.07) is 14.9. The highest BCUT2D eigenvalue weighted by molar-refractivity contribution is 6.04. The summed E-state index contributed by atoms with van der Waals surface area (Å²) in [6.07, 6.45) is 4.90. The van der Waals surface area contributed by atoms with Crippen molar-refractivity contribution in [1.82, 2.24) is 21.0 Å². The average molecular weight is 391 g/mol. The first-order valence-corrected chi connectivity index (χ1v) is 8.78. The summed E-state index contributed by atoms with van der Waals surface area (Å²) in [4.78, 5) is 31.9. The Kier molecular flexibility index (Phi) is 8.43. The number of hydrazine groups is 1. The van der Waals surface area contributed by atoms with E-state index in [-0.39, 0.29) is 5.82 Å². The van der Waals surface area contributed by atoms with Crippen LogP contribution in [-0.2, 0) is 9.59 Å². The monoisotopic (exact) mass is 391 g/mol. The Labute approximate surface area is 168 Å². The van der Waals surface area contributed by atoms with Gasteiger partial charge >= 0.3 is 0 Å². The number of allylic oxidation sites excluding steroid dienone is 1. The summed E-state index contributed by atoms with van der Waals surface area (Å²) in [5.41, 5.74) is 7.84. The fraction of sp³-hybridized carbons (Fsp3) is 0.143. The maximum Gasteiger partial charge on any atom is 0.218 e. The number of carbonyl (C=O) groups excluding carboxylic acids is 2. The van der Waals surface area contributed by atoms with Crippen LogP contribution in [0, 0.1) is 4.91 Å². The predicted octanol–water partition coefficient (Wildman–Crippen LogP) is 2.93. The van der Waals surface area contributed by atoms with Gasteiger partial charge in [0, 0.05) is 11.8 Å². The molecule has 8 nitrogen and oxygen atoms in total. The number of nitrogens with zero attached hydrogens (tertiary/aromatic N) is 3. The van der Waals surface area contributed by atoms with E-state index in [1.807, 2.05) is 50.5 Å². The highest BCUT2D eigenvalue weighted by Crippen LogP contribution is 2.36. The average Bonchev–Trinajstić information content (AvgIpc) is 2.80. The van der Waals surface area contributed by atoms with Gasteiger partial charge in [-0.25, -0.2) is 0 Å². The molecule has 0 aliphatic heterocycles. The molecule has 1 heterocycles. The Morgan fingerprint density at radius 3 is 2.24 bits per heavy atom. The molecule has 1 atom stereocenters. The first kappa shape index (κ1) is 21.7. The molecule has 8 heteroatoms. The van der Waals surface area contributed by atoms with Gasteiger partial charge in [-0.2, -0.15) is 5.10 Å². The van der Waals surface area contributed by atoms with Gasteiger partial charge in [-0.15, -0.1) is 10.0 Å². The van der Waals surface area contributed by atoms with Crippen LogP contribution in [0.1, 0.15) is 17.0 Å². The Hall–Kier alpha value is -3.62.